The Labute approximate surface area is 163 Å². The number of carbonyl (C=O) groups excluding carboxylic acids is 2. The van der Waals surface area contributed by atoms with Gasteiger partial charge in [0.1, 0.15) is 0 Å². The zero-order chi connectivity index (χ0) is 19.1. The van der Waals surface area contributed by atoms with Crippen LogP contribution in [0.2, 0.25) is 0 Å². The van der Waals surface area contributed by atoms with E-state index in [1.165, 1.54) is 0 Å². The Bertz CT molecular complexity index is 742. The predicted octanol–water partition coefficient (Wildman–Crippen LogP) is 3.45. The maximum Gasteiger partial charge on any atom is 0.318 e. The first-order valence-electron chi connectivity index (χ1n) is 9.09. The summed E-state index contributed by atoms with van der Waals surface area (Å²) in [5.41, 5.74) is 1.77. The number of benzene rings is 1. The van der Waals surface area contributed by atoms with Gasteiger partial charge >= 0.3 is 6.03 Å². The zero-order valence-corrected chi connectivity index (χ0v) is 16.3. The molecule has 0 saturated heterocycles. The van der Waals surface area contributed by atoms with Gasteiger partial charge in [-0.25, -0.2) is 4.79 Å². The SMILES string of the molecule is COCCN(Cc1cccs1)C(=O)NCc1ccc(NC(=O)C2CC2)cc1. The van der Waals surface area contributed by atoms with Crippen molar-refractivity contribution in [1.29, 1.82) is 0 Å². The Morgan fingerprint density at radius 2 is 2.00 bits per heavy atom. The van der Waals surface area contributed by atoms with E-state index in [1.807, 2.05) is 41.8 Å². The van der Waals surface area contributed by atoms with Crippen LogP contribution < -0.4 is 10.6 Å². The van der Waals surface area contributed by atoms with Gasteiger partial charge in [-0.15, -0.1) is 11.3 Å². The predicted molar refractivity (Wildman–Crippen MR) is 107 cm³/mol. The molecule has 1 heterocycles. The zero-order valence-electron chi connectivity index (χ0n) is 15.4. The molecule has 1 aromatic carbocycles. The third-order valence-electron chi connectivity index (χ3n) is 4.39. The highest BCUT2D eigenvalue weighted by Crippen LogP contribution is 2.30. The molecule has 0 atom stereocenters. The molecule has 0 unspecified atom stereocenters. The highest BCUT2D eigenvalue weighted by atomic mass is 32.1. The molecule has 0 bridgehead atoms. The molecule has 144 valence electrons. The number of amides is 3. The van der Waals surface area contributed by atoms with Gasteiger partial charge in [0.25, 0.3) is 0 Å². The van der Waals surface area contributed by atoms with E-state index in [0.29, 0.717) is 26.2 Å². The molecule has 2 N–H and O–H groups in total. The summed E-state index contributed by atoms with van der Waals surface area (Å²) in [6, 6.07) is 11.5. The van der Waals surface area contributed by atoms with Crippen LogP contribution in [0.3, 0.4) is 0 Å². The lowest BCUT2D eigenvalue weighted by molar-refractivity contribution is -0.117. The van der Waals surface area contributed by atoms with Crippen molar-refractivity contribution in [3.8, 4) is 0 Å². The maximum atomic E-state index is 12.5. The van der Waals surface area contributed by atoms with Crippen molar-refractivity contribution in [3.63, 3.8) is 0 Å². The second-order valence-corrected chi connectivity index (χ2v) is 7.65. The van der Waals surface area contributed by atoms with Crippen molar-refractivity contribution in [2.24, 2.45) is 5.92 Å². The van der Waals surface area contributed by atoms with Crippen LogP contribution in [0.5, 0.6) is 0 Å². The number of hydrogen-bond donors (Lipinski definition) is 2. The minimum atomic E-state index is -0.119. The summed E-state index contributed by atoms with van der Waals surface area (Å²) in [5.74, 6) is 0.281. The average molecular weight is 388 g/mol. The number of methoxy groups -OCH3 is 1. The number of nitrogens with zero attached hydrogens (tertiary/aromatic N) is 1. The van der Waals surface area contributed by atoms with E-state index in [9.17, 15) is 9.59 Å². The first-order valence-corrected chi connectivity index (χ1v) is 9.97. The molecule has 7 heteroatoms. The number of hydrogen-bond acceptors (Lipinski definition) is 4. The van der Waals surface area contributed by atoms with Gasteiger partial charge in [-0.1, -0.05) is 18.2 Å². The number of ether oxygens (including phenoxy) is 1. The standard InChI is InChI=1S/C20H25N3O3S/c1-26-11-10-23(14-18-3-2-12-27-18)20(25)21-13-15-4-8-17(9-5-15)22-19(24)16-6-7-16/h2-5,8-9,12,16H,6-7,10-11,13-14H2,1H3,(H,21,25)(H,22,24). The summed E-state index contributed by atoms with van der Waals surface area (Å²) in [6.07, 6.45) is 1.97. The van der Waals surface area contributed by atoms with Gasteiger partial charge in [0, 0.05) is 36.7 Å². The first kappa shape index (κ1) is 19.4. The molecule has 0 radical (unpaired) electrons. The lowest BCUT2D eigenvalue weighted by Crippen LogP contribution is -2.40. The Morgan fingerprint density at radius 1 is 1.22 bits per heavy atom. The molecular weight excluding hydrogens is 362 g/mol. The Balaban J connectivity index is 1.50. The molecule has 0 aliphatic heterocycles. The molecule has 1 aliphatic rings. The molecule has 1 aromatic heterocycles. The average Bonchev–Trinajstić information content (AvgIpc) is 3.41. The van der Waals surface area contributed by atoms with Crippen LogP contribution >= 0.6 is 11.3 Å². The number of anilines is 1. The maximum absolute atomic E-state index is 12.5. The van der Waals surface area contributed by atoms with Crippen molar-refractivity contribution in [3.05, 3.63) is 52.2 Å². The van der Waals surface area contributed by atoms with E-state index in [2.05, 4.69) is 10.6 Å². The van der Waals surface area contributed by atoms with Gasteiger partial charge in [0.2, 0.25) is 5.91 Å². The molecule has 1 aliphatic carbocycles. The summed E-state index contributed by atoms with van der Waals surface area (Å²) in [6.45, 7) is 2.03. The van der Waals surface area contributed by atoms with Crippen molar-refractivity contribution in [2.75, 3.05) is 25.6 Å². The van der Waals surface area contributed by atoms with Gasteiger partial charge in [-0.3, -0.25) is 4.79 Å². The van der Waals surface area contributed by atoms with Gasteiger partial charge in [0.05, 0.1) is 13.2 Å². The van der Waals surface area contributed by atoms with E-state index >= 15 is 0 Å². The van der Waals surface area contributed by atoms with E-state index < -0.39 is 0 Å². The number of carbonyl (C=O) groups is 2. The third-order valence-corrected chi connectivity index (χ3v) is 5.25. The highest BCUT2D eigenvalue weighted by molar-refractivity contribution is 7.09. The minimum absolute atomic E-state index is 0.0958. The fraction of sp³-hybridized carbons (Fsp3) is 0.400. The van der Waals surface area contributed by atoms with Crippen molar-refractivity contribution >= 4 is 29.0 Å². The van der Waals surface area contributed by atoms with E-state index in [4.69, 9.17) is 4.74 Å². The van der Waals surface area contributed by atoms with Crippen LogP contribution in [0.15, 0.2) is 41.8 Å². The number of thiophene rings is 1. The second kappa shape index (κ2) is 9.53. The molecule has 6 nitrogen and oxygen atoms in total. The van der Waals surface area contributed by atoms with E-state index in [0.717, 1.165) is 29.0 Å². The topological polar surface area (TPSA) is 70.7 Å². The lowest BCUT2D eigenvalue weighted by atomic mass is 10.2. The summed E-state index contributed by atoms with van der Waals surface area (Å²) in [5, 5.41) is 7.88. The van der Waals surface area contributed by atoms with Gasteiger partial charge in [-0.05, 0) is 42.0 Å². The van der Waals surface area contributed by atoms with E-state index in [1.54, 1.807) is 23.3 Å². The molecule has 1 fully saturated rings. The second-order valence-electron chi connectivity index (χ2n) is 6.61. The summed E-state index contributed by atoms with van der Waals surface area (Å²) in [4.78, 5) is 27.2. The Hall–Kier alpha value is -2.38. The van der Waals surface area contributed by atoms with Crippen molar-refractivity contribution in [1.82, 2.24) is 10.2 Å². The van der Waals surface area contributed by atoms with Gasteiger partial charge < -0.3 is 20.3 Å². The highest BCUT2D eigenvalue weighted by Gasteiger charge is 2.29. The summed E-state index contributed by atoms with van der Waals surface area (Å²) >= 11 is 1.63. The van der Waals surface area contributed by atoms with Crippen LogP contribution in [-0.4, -0.2) is 37.1 Å². The lowest BCUT2D eigenvalue weighted by Gasteiger charge is -2.22. The van der Waals surface area contributed by atoms with Crippen LogP contribution in [0.4, 0.5) is 10.5 Å². The molecule has 1 saturated carbocycles. The minimum Gasteiger partial charge on any atom is -0.383 e. The number of nitrogens with one attached hydrogen (secondary N) is 2. The smallest absolute Gasteiger partial charge is 0.318 e. The van der Waals surface area contributed by atoms with Crippen LogP contribution in [0.1, 0.15) is 23.3 Å². The molecular formula is C20H25N3O3S. The van der Waals surface area contributed by atoms with E-state index in [-0.39, 0.29) is 17.9 Å². The molecule has 3 amide bonds. The Morgan fingerprint density at radius 3 is 2.63 bits per heavy atom. The molecule has 2 aromatic rings. The van der Waals surface area contributed by atoms with Crippen LogP contribution in [0.25, 0.3) is 0 Å². The molecule has 3 rings (SSSR count). The van der Waals surface area contributed by atoms with Crippen molar-refractivity contribution < 1.29 is 14.3 Å². The van der Waals surface area contributed by atoms with Crippen molar-refractivity contribution in [2.45, 2.75) is 25.9 Å². The largest absolute Gasteiger partial charge is 0.383 e. The first-order chi connectivity index (χ1) is 13.2. The Kier molecular flexibility index (Phi) is 6.84. The summed E-state index contributed by atoms with van der Waals surface area (Å²) in [7, 11) is 1.63. The normalized spacial score (nSPS) is 13.2. The molecule has 27 heavy (non-hydrogen) atoms. The summed E-state index contributed by atoms with van der Waals surface area (Å²) < 4.78 is 5.12. The third kappa shape index (κ3) is 6.08. The molecule has 0 spiro atoms. The number of urea groups is 1. The number of rotatable bonds is 9. The van der Waals surface area contributed by atoms with Gasteiger partial charge in [0.15, 0.2) is 0 Å². The fourth-order valence-electron chi connectivity index (χ4n) is 2.63. The van der Waals surface area contributed by atoms with Crippen LogP contribution in [-0.2, 0) is 22.6 Å². The monoisotopic (exact) mass is 387 g/mol. The quantitative estimate of drug-likeness (QED) is 0.692. The fourth-order valence-corrected chi connectivity index (χ4v) is 3.35. The van der Waals surface area contributed by atoms with Gasteiger partial charge in [-0.2, -0.15) is 0 Å². The van der Waals surface area contributed by atoms with Crippen LogP contribution in [0, 0.1) is 5.92 Å².